The van der Waals surface area contributed by atoms with Crippen LogP contribution in [0.4, 0.5) is 0 Å². The van der Waals surface area contributed by atoms with Gasteiger partial charge in [-0.2, -0.15) is 5.10 Å². The Bertz CT molecular complexity index is 1040. The highest BCUT2D eigenvalue weighted by atomic mass is 16.5. The van der Waals surface area contributed by atoms with Crippen LogP contribution in [-0.4, -0.2) is 50.3 Å². The van der Waals surface area contributed by atoms with E-state index in [-0.39, 0.29) is 11.8 Å². The number of amides is 1. The summed E-state index contributed by atoms with van der Waals surface area (Å²) in [5, 5.41) is 4.92. The second kappa shape index (κ2) is 9.67. The molecule has 1 aliphatic carbocycles. The molecule has 168 valence electrons. The molecular weight excluding hydrogens is 402 g/mol. The molecule has 2 fully saturated rings. The van der Waals surface area contributed by atoms with Gasteiger partial charge in [0.15, 0.2) is 5.65 Å². The van der Waals surface area contributed by atoms with Gasteiger partial charge in [-0.15, -0.1) is 0 Å². The Hall–Kier alpha value is -2.96. The van der Waals surface area contributed by atoms with Gasteiger partial charge in [-0.1, -0.05) is 37.5 Å². The predicted molar refractivity (Wildman–Crippen MR) is 122 cm³/mol. The Balaban J connectivity index is 1.31. The monoisotopic (exact) mass is 433 g/mol. The number of nitrogens with zero attached hydrogens (tertiary/aromatic N) is 5. The Morgan fingerprint density at radius 1 is 1.00 bits per heavy atom. The fourth-order valence-electron chi connectivity index (χ4n) is 5.13. The van der Waals surface area contributed by atoms with Gasteiger partial charge in [0.25, 0.3) is 0 Å². The molecule has 1 amide bonds. The lowest BCUT2D eigenvalue weighted by molar-refractivity contribution is -0.137. The number of aromatic nitrogens is 4. The molecule has 1 aromatic carbocycles. The Morgan fingerprint density at radius 2 is 1.81 bits per heavy atom. The fraction of sp³-hybridized carbons (Fsp3) is 0.520. The fourth-order valence-corrected chi connectivity index (χ4v) is 5.13. The summed E-state index contributed by atoms with van der Waals surface area (Å²) in [6.07, 6.45) is 11.2. The summed E-state index contributed by atoms with van der Waals surface area (Å²) < 4.78 is 7.77. The molecule has 0 bridgehead atoms. The zero-order valence-electron chi connectivity index (χ0n) is 18.5. The number of likely N-dealkylation sites (tertiary alicyclic amines) is 1. The van der Waals surface area contributed by atoms with Crippen molar-refractivity contribution in [2.75, 3.05) is 19.7 Å². The third-order valence-electron chi connectivity index (χ3n) is 6.78. The van der Waals surface area contributed by atoms with Crippen molar-refractivity contribution in [3.8, 4) is 5.75 Å². The van der Waals surface area contributed by atoms with Crippen molar-refractivity contribution in [2.45, 2.75) is 57.4 Å². The third-order valence-corrected chi connectivity index (χ3v) is 6.78. The van der Waals surface area contributed by atoms with E-state index in [9.17, 15) is 4.79 Å². The van der Waals surface area contributed by atoms with Crippen LogP contribution in [0.15, 0.2) is 42.7 Å². The van der Waals surface area contributed by atoms with Gasteiger partial charge in [-0.05, 0) is 37.8 Å². The van der Waals surface area contributed by atoms with E-state index < -0.39 is 0 Å². The summed E-state index contributed by atoms with van der Waals surface area (Å²) in [6.45, 7) is 2.70. The van der Waals surface area contributed by atoms with Crippen molar-refractivity contribution in [1.82, 2.24) is 24.6 Å². The van der Waals surface area contributed by atoms with Gasteiger partial charge in [0.1, 0.15) is 17.9 Å². The topological polar surface area (TPSA) is 73.1 Å². The van der Waals surface area contributed by atoms with E-state index in [2.05, 4.69) is 14.9 Å². The van der Waals surface area contributed by atoms with Crippen LogP contribution in [0, 0.1) is 5.92 Å². The number of fused-ring (bicyclic) bond motifs is 1. The number of para-hydroxylation sites is 1. The van der Waals surface area contributed by atoms with Gasteiger partial charge in [0.05, 0.1) is 12.2 Å². The lowest BCUT2D eigenvalue weighted by Crippen LogP contribution is -2.43. The smallest absolute Gasteiger partial charge is 0.225 e. The van der Waals surface area contributed by atoms with E-state index in [1.54, 1.807) is 12.4 Å². The summed E-state index contributed by atoms with van der Waals surface area (Å²) in [5.41, 5.74) is 2.60. The van der Waals surface area contributed by atoms with Crippen molar-refractivity contribution < 1.29 is 9.53 Å². The molecule has 0 N–H and O–H groups in total. The van der Waals surface area contributed by atoms with Crippen LogP contribution < -0.4 is 4.74 Å². The quantitative estimate of drug-likeness (QED) is 0.583. The zero-order chi connectivity index (χ0) is 21.8. The first-order valence-corrected chi connectivity index (χ1v) is 11.9. The van der Waals surface area contributed by atoms with Crippen molar-refractivity contribution in [1.29, 1.82) is 0 Å². The lowest BCUT2D eigenvalue weighted by atomic mass is 9.86. The second-order valence-corrected chi connectivity index (χ2v) is 8.96. The van der Waals surface area contributed by atoms with E-state index in [1.165, 1.54) is 19.3 Å². The molecule has 1 aliphatic heterocycles. The van der Waals surface area contributed by atoms with Crippen LogP contribution in [0.2, 0.25) is 0 Å². The minimum Gasteiger partial charge on any atom is -0.492 e. The average molecular weight is 434 g/mol. The van der Waals surface area contributed by atoms with Crippen LogP contribution in [-0.2, 0) is 11.3 Å². The van der Waals surface area contributed by atoms with E-state index in [1.807, 2.05) is 35.0 Å². The Labute approximate surface area is 188 Å². The minimum atomic E-state index is 0.201. The number of benzene rings is 1. The molecule has 1 saturated carbocycles. The second-order valence-electron chi connectivity index (χ2n) is 8.96. The van der Waals surface area contributed by atoms with Crippen LogP contribution in [0.1, 0.15) is 56.6 Å². The first-order chi connectivity index (χ1) is 15.8. The number of hydrogen-bond donors (Lipinski definition) is 0. The van der Waals surface area contributed by atoms with E-state index in [0.29, 0.717) is 19.1 Å². The van der Waals surface area contributed by atoms with E-state index in [4.69, 9.17) is 9.84 Å². The SMILES string of the molecule is O=C(C1CCCCC1)N1CCC[C@@H](c2nn(CCOc3ccccc3)c3nccnc23)C1. The van der Waals surface area contributed by atoms with Crippen LogP contribution in [0.5, 0.6) is 5.75 Å². The molecule has 7 nitrogen and oxygen atoms in total. The van der Waals surface area contributed by atoms with Crippen molar-refractivity contribution in [3.05, 3.63) is 48.4 Å². The molecule has 2 aliphatic rings. The largest absolute Gasteiger partial charge is 0.492 e. The number of carbonyl (C=O) groups is 1. The molecule has 3 aromatic rings. The van der Waals surface area contributed by atoms with Crippen LogP contribution in [0.3, 0.4) is 0 Å². The normalized spacial score (nSPS) is 19.9. The predicted octanol–water partition coefficient (Wildman–Crippen LogP) is 4.19. The van der Waals surface area contributed by atoms with Crippen molar-refractivity contribution in [3.63, 3.8) is 0 Å². The summed E-state index contributed by atoms with van der Waals surface area (Å²) >= 11 is 0. The molecule has 1 atom stereocenters. The first kappa shape index (κ1) is 20.9. The van der Waals surface area contributed by atoms with Gasteiger partial charge in [-0.25, -0.2) is 14.6 Å². The third kappa shape index (κ3) is 4.47. The molecule has 0 radical (unpaired) electrons. The van der Waals surface area contributed by atoms with Gasteiger partial charge in [-0.3, -0.25) is 4.79 Å². The average Bonchev–Trinajstić information content (AvgIpc) is 3.24. The number of rotatable bonds is 6. The summed E-state index contributed by atoms with van der Waals surface area (Å²) in [5.74, 6) is 1.61. The molecule has 0 unspecified atom stereocenters. The summed E-state index contributed by atoms with van der Waals surface area (Å²) in [6, 6.07) is 9.80. The highest BCUT2D eigenvalue weighted by Crippen LogP contribution is 2.32. The number of hydrogen-bond acceptors (Lipinski definition) is 5. The molecule has 32 heavy (non-hydrogen) atoms. The maximum atomic E-state index is 13.1. The minimum absolute atomic E-state index is 0.201. The Morgan fingerprint density at radius 3 is 2.66 bits per heavy atom. The molecule has 5 rings (SSSR count). The van der Waals surface area contributed by atoms with Gasteiger partial charge < -0.3 is 9.64 Å². The van der Waals surface area contributed by atoms with E-state index >= 15 is 0 Å². The molecule has 1 saturated heterocycles. The zero-order valence-corrected chi connectivity index (χ0v) is 18.5. The lowest BCUT2D eigenvalue weighted by Gasteiger charge is -2.35. The van der Waals surface area contributed by atoms with Gasteiger partial charge in [0, 0.05) is 37.3 Å². The molecular formula is C25H31N5O2. The van der Waals surface area contributed by atoms with Crippen LogP contribution in [0.25, 0.3) is 11.2 Å². The van der Waals surface area contributed by atoms with E-state index in [0.717, 1.165) is 61.4 Å². The van der Waals surface area contributed by atoms with Crippen molar-refractivity contribution in [2.24, 2.45) is 5.92 Å². The number of ether oxygens (including phenoxy) is 1. The maximum Gasteiger partial charge on any atom is 0.225 e. The van der Waals surface area contributed by atoms with Crippen LogP contribution >= 0.6 is 0 Å². The van der Waals surface area contributed by atoms with Crippen molar-refractivity contribution >= 4 is 17.1 Å². The maximum absolute atomic E-state index is 13.1. The number of piperidine rings is 1. The molecule has 3 heterocycles. The molecule has 0 spiro atoms. The first-order valence-electron chi connectivity index (χ1n) is 11.9. The standard InChI is InChI=1S/C25H31N5O2/c31-25(19-8-3-1-4-9-19)29-15-7-10-20(18-29)22-23-24(27-14-13-26-23)30(28-22)16-17-32-21-11-5-2-6-12-21/h2,5-6,11-14,19-20H,1,3-4,7-10,15-18H2/t20-/m1/s1. The molecule has 7 heteroatoms. The Kier molecular flexibility index (Phi) is 6.32. The molecule has 2 aromatic heterocycles. The highest BCUT2D eigenvalue weighted by molar-refractivity contribution is 5.79. The van der Waals surface area contributed by atoms with Gasteiger partial charge >= 0.3 is 0 Å². The summed E-state index contributed by atoms with van der Waals surface area (Å²) in [7, 11) is 0. The number of carbonyl (C=O) groups excluding carboxylic acids is 1. The highest BCUT2D eigenvalue weighted by Gasteiger charge is 2.32. The van der Waals surface area contributed by atoms with Gasteiger partial charge in [0.2, 0.25) is 5.91 Å². The summed E-state index contributed by atoms with van der Waals surface area (Å²) in [4.78, 5) is 24.4.